The highest BCUT2D eigenvalue weighted by Crippen LogP contribution is 2.42. The fourth-order valence-corrected chi connectivity index (χ4v) is 3.63. The molecule has 0 radical (unpaired) electrons. The largest absolute Gasteiger partial charge is 0.467 e. The van der Waals surface area contributed by atoms with E-state index < -0.39 is 12.0 Å². The molecule has 7 nitrogen and oxygen atoms in total. The lowest BCUT2D eigenvalue weighted by Crippen LogP contribution is -2.27. The van der Waals surface area contributed by atoms with Crippen LogP contribution in [-0.4, -0.2) is 62.4 Å². The van der Waals surface area contributed by atoms with E-state index in [1.807, 2.05) is 43.3 Å². The zero-order chi connectivity index (χ0) is 22.6. The van der Waals surface area contributed by atoms with E-state index in [4.69, 9.17) is 18.9 Å². The van der Waals surface area contributed by atoms with Gasteiger partial charge >= 0.3 is 0 Å². The molecule has 0 bridgehead atoms. The van der Waals surface area contributed by atoms with Crippen LogP contribution in [0.4, 0.5) is 0 Å². The highest BCUT2D eigenvalue weighted by Gasteiger charge is 2.23. The van der Waals surface area contributed by atoms with E-state index in [0.29, 0.717) is 30.8 Å². The Kier molecular flexibility index (Phi) is 10.8. The summed E-state index contributed by atoms with van der Waals surface area (Å²) in [7, 11) is 3.12. The van der Waals surface area contributed by atoms with Gasteiger partial charge in [0.2, 0.25) is 0 Å². The van der Waals surface area contributed by atoms with E-state index in [9.17, 15) is 15.3 Å². The van der Waals surface area contributed by atoms with Crippen LogP contribution in [0.5, 0.6) is 11.5 Å². The Labute approximate surface area is 184 Å². The number of hydrogen-bond acceptors (Lipinski definition) is 7. The number of ether oxygens (including phenoxy) is 4. The van der Waals surface area contributed by atoms with E-state index in [1.165, 1.54) is 0 Å². The van der Waals surface area contributed by atoms with Crippen molar-refractivity contribution < 1.29 is 34.3 Å². The second-order valence-corrected chi connectivity index (χ2v) is 7.26. The fraction of sp³-hybridized carbons (Fsp3) is 0.500. The van der Waals surface area contributed by atoms with Crippen molar-refractivity contribution in [1.29, 1.82) is 0 Å². The van der Waals surface area contributed by atoms with Crippen molar-refractivity contribution in [3.8, 4) is 22.6 Å². The fourth-order valence-electron chi connectivity index (χ4n) is 3.63. The lowest BCUT2D eigenvalue weighted by atomic mass is 9.87. The number of rotatable bonds is 14. The molecule has 1 atom stereocenters. The SMILES string of the molecule is CCc1c(OCOC)cc(OCOC)c(-c2ccccc2)c1CCC(O)C(CO)CO. The molecule has 0 spiro atoms. The molecule has 0 fully saturated rings. The van der Waals surface area contributed by atoms with Crippen LogP contribution in [0.25, 0.3) is 11.1 Å². The van der Waals surface area contributed by atoms with Crippen molar-refractivity contribution >= 4 is 0 Å². The average Bonchev–Trinajstić information content (AvgIpc) is 2.80. The van der Waals surface area contributed by atoms with Crippen LogP contribution in [0.1, 0.15) is 24.5 Å². The van der Waals surface area contributed by atoms with Gasteiger partial charge in [0.25, 0.3) is 0 Å². The third-order valence-corrected chi connectivity index (χ3v) is 5.26. The molecule has 0 amide bonds. The second kappa shape index (κ2) is 13.3. The van der Waals surface area contributed by atoms with E-state index in [2.05, 4.69) is 0 Å². The minimum Gasteiger partial charge on any atom is -0.467 e. The smallest absolute Gasteiger partial charge is 0.188 e. The van der Waals surface area contributed by atoms with Crippen molar-refractivity contribution in [1.82, 2.24) is 0 Å². The van der Waals surface area contributed by atoms with Gasteiger partial charge in [-0.3, -0.25) is 0 Å². The molecule has 31 heavy (non-hydrogen) atoms. The topological polar surface area (TPSA) is 97.6 Å². The van der Waals surface area contributed by atoms with Gasteiger partial charge < -0.3 is 34.3 Å². The van der Waals surface area contributed by atoms with Gasteiger partial charge in [0, 0.05) is 31.8 Å². The van der Waals surface area contributed by atoms with Gasteiger partial charge in [0.1, 0.15) is 11.5 Å². The molecule has 1 unspecified atom stereocenters. The third-order valence-electron chi connectivity index (χ3n) is 5.26. The van der Waals surface area contributed by atoms with Crippen molar-refractivity contribution in [3.63, 3.8) is 0 Å². The standard InChI is InChI=1S/C24H34O7/c1-4-19-20(10-11-21(27)18(13-25)14-26)24(17-8-6-5-7-9-17)23(31-16-29-3)12-22(19)30-15-28-2/h5-9,12,18,21,25-27H,4,10-11,13-16H2,1-3H3. The number of hydrogen-bond donors (Lipinski definition) is 3. The van der Waals surface area contributed by atoms with Crippen LogP contribution in [0.15, 0.2) is 36.4 Å². The summed E-state index contributed by atoms with van der Waals surface area (Å²) < 4.78 is 22.0. The molecule has 0 heterocycles. The van der Waals surface area contributed by atoms with Gasteiger partial charge in [0.15, 0.2) is 13.6 Å². The lowest BCUT2D eigenvalue weighted by Gasteiger charge is -2.24. The maximum atomic E-state index is 10.5. The van der Waals surface area contributed by atoms with Gasteiger partial charge in [-0.25, -0.2) is 0 Å². The number of benzene rings is 2. The van der Waals surface area contributed by atoms with E-state index in [0.717, 1.165) is 22.3 Å². The van der Waals surface area contributed by atoms with E-state index >= 15 is 0 Å². The zero-order valence-corrected chi connectivity index (χ0v) is 18.5. The first-order valence-electron chi connectivity index (χ1n) is 10.5. The zero-order valence-electron chi connectivity index (χ0n) is 18.5. The number of methoxy groups -OCH3 is 2. The quantitative estimate of drug-likeness (QED) is 0.393. The van der Waals surface area contributed by atoms with E-state index in [-0.39, 0.29) is 26.8 Å². The lowest BCUT2D eigenvalue weighted by molar-refractivity contribution is 0.0273. The molecule has 7 heteroatoms. The Balaban J connectivity index is 2.59. The molecule has 3 N–H and O–H groups in total. The van der Waals surface area contributed by atoms with Crippen LogP contribution in [-0.2, 0) is 22.3 Å². The Morgan fingerprint density at radius 1 is 0.871 bits per heavy atom. The van der Waals surface area contributed by atoms with Crippen molar-refractivity contribution in [2.45, 2.75) is 32.3 Å². The average molecular weight is 435 g/mol. The minimum absolute atomic E-state index is 0.0776. The van der Waals surface area contributed by atoms with Gasteiger partial charge in [-0.1, -0.05) is 37.3 Å². The molecule has 0 aliphatic carbocycles. The molecule has 2 aromatic carbocycles. The summed E-state index contributed by atoms with van der Waals surface area (Å²) in [5.74, 6) is 0.685. The Bertz CT molecular complexity index is 775. The summed E-state index contributed by atoms with van der Waals surface area (Å²) in [6.07, 6.45) is 0.752. The molecule has 0 aliphatic rings. The monoisotopic (exact) mass is 434 g/mol. The first-order chi connectivity index (χ1) is 15.1. The summed E-state index contributed by atoms with van der Waals surface area (Å²) in [4.78, 5) is 0. The summed E-state index contributed by atoms with van der Waals surface area (Å²) in [6.45, 7) is 1.67. The summed E-state index contributed by atoms with van der Waals surface area (Å²) in [6, 6.07) is 11.7. The molecule has 2 aromatic rings. The van der Waals surface area contributed by atoms with Crippen LogP contribution >= 0.6 is 0 Å². The Morgan fingerprint density at radius 3 is 2.03 bits per heavy atom. The molecule has 0 saturated heterocycles. The van der Waals surface area contributed by atoms with Crippen molar-refractivity contribution in [2.24, 2.45) is 5.92 Å². The molecule has 0 saturated carbocycles. The van der Waals surface area contributed by atoms with Gasteiger partial charge in [0.05, 0.1) is 19.3 Å². The summed E-state index contributed by atoms with van der Waals surface area (Å²) >= 11 is 0. The normalized spacial score (nSPS) is 12.2. The minimum atomic E-state index is -0.838. The van der Waals surface area contributed by atoms with Crippen LogP contribution in [0, 0.1) is 5.92 Å². The molecule has 0 aromatic heterocycles. The van der Waals surface area contributed by atoms with Crippen LogP contribution < -0.4 is 9.47 Å². The Hall–Kier alpha value is -2.16. The first kappa shape index (κ1) is 25.1. The molecule has 0 aliphatic heterocycles. The van der Waals surface area contributed by atoms with Gasteiger partial charge in [-0.2, -0.15) is 0 Å². The molecular weight excluding hydrogens is 400 g/mol. The predicted octanol–water partition coefficient (Wildman–Crippen LogP) is 2.78. The second-order valence-electron chi connectivity index (χ2n) is 7.26. The molecule has 2 rings (SSSR count). The van der Waals surface area contributed by atoms with E-state index in [1.54, 1.807) is 14.2 Å². The first-order valence-corrected chi connectivity index (χ1v) is 10.5. The Morgan fingerprint density at radius 2 is 1.48 bits per heavy atom. The van der Waals surface area contributed by atoms with Crippen molar-refractivity contribution in [3.05, 3.63) is 47.5 Å². The molecular formula is C24H34O7. The number of aliphatic hydroxyl groups excluding tert-OH is 3. The maximum absolute atomic E-state index is 10.5. The summed E-state index contributed by atoms with van der Waals surface area (Å²) in [5, 5.41) is 29.3. The summed E-state index contributed by atoms with van der Waals surface area (Å²) in [5.41, 5.74) is 3.88. The predicted molar refractivity (Wildman–Crippen MR) is 118 cm³/mol. The highest BCUT2D eigenvalue weighted by atomic mass is 16.7. The molecule has 172 valence electrons. The van der Waals surface area contributed by atoms with Gasteiger partial charge in [-0.05, 0) is 36.0 Å². The third kappa shape index (κ3) is 6.66. The van der Waals surface area contributed by atoms with Crippen molar-refractivity contribution in [2.75, 3.05) is 41.0 Å². The highest BCUT2D eigenvalue weighted by molar-refractivity contribution is 5.77. The number of aliphatic hydroxyl groups is 3. The van der Waals surface area contributed by atoms with Crippen LogP contribution in [0.2, 0.25) is 0 Å². The van der Waals surface area contributed by atoms with Crippen LogP contribution in [0.3, 0.4) is 0 Å². The van der Waals surface area contributed by atoms with Gasteiger partial charge in [-0.15, -0.1) is 0 Å². The maximum Gasteiger partial charge on any atom is 0.188 e.